The van der Waals surface area contributed by atoms with E-state index >= 15 is 0 Å². The average Bonchev–Trinajstić information content (AvgIpc) is 2.75. The van der Waals surface area contributed by atoms with Gasteiger partial charge in [-0.3, -0.25) is 0 Å². The van der Waals surface area contributed by atoms with Crippen LogP contribution in [0.4, 0.5) is 4.79 Å². The number of amides is 1. The molecule has 0 saturated carbocycles. The van der Waals surface area contributed by atoms with E-state index < -0.39 is 17.2 Å². The number of ether oxygens (including phenoxy) is 1. The van der Waals surface area contributed by atoms with Crippen molar-refractivity contribution in [2.24, 2.45) is 0 Å². The molecule has 6 heteroatoms. The molecule has 0 radical (unpaired) electrons. The van der Waals surface area contributed by atoms with Crippen molar-refractivity contribution in [2.45, 2.75) is 38.8 Å². The van der Waals surface area contributed by atoms with Gasteiger partial charge in [-0.2, -0.15) is 5.10 Å². The molecule has 0 aliphatic heterocycles. The molecule has 1 rings (SSSR count). The number of nitrogens with one attached hydrogen (secondary N) is 1. The Bertz CT molecular complexity index is 488. The van der Waals surface area contributed by atoms with Crippen LogP contribution in [0.1, 0.15) is 33.3 Å². The Balaban J connectivity index is 2.89. The summed E-state index contributed by atoms with van der Waals surface area (Å²) < 4.78 is 6.59. The second-order valence-electron chi connectivity index (χ2n) is 5.34. The summed E-state index contributed by atoms with van der Waals surface area (Å²) in [4.78, 5) is 23.0. The zero-order chi connectivity index (χ0) is 14.7. The predicted octanol–water partition coefficient (Wildman–Crippen LogP) is 1.92. The first-order valence-corrected chi connectivity index (χ1v) is 5.85. The molecule has 1 aromatic heterocycles. The van der Waals surface area contributed by atoms with Gasteiger partial charge in [-0.25, -0.2) is 9.48 Å². The van der Waals surface area contributed by atoms with Gasteiger partial charge >= 0.3 is 6.09 Å². The van der Waals surface area contributed by atoms with E-state index in [0.29, 0.717) is 11.8 Å². The van der Waals surface area contributed by atoms with E-state index in [1.54, 1.807) is 33.9 Å². The third kappa shape index (κ3) is 3.94. The second-order valence-corrected chi connectivity index (χ2v) is 5.34. The number of aromatic nitrogens is 2. The Labute approximate surface area is 112 Å². The fourth-order valence-corrected chi connectivity index (χ4v) is 1.39. The number of alkyl carbamates (subject to hydrolysis) is 1. The smallest absolute Gasteiger partial charge is 0.408 e. The first kappa shape index (κ1) is 14.9. The van der Waals surface area contributed by atoms with Crippen LogP contribution in [0.2, 0.25) is 0 Å². The van der Waals surface area contributed by atoms with E-state index in [2.05, 4.69) is 17.0 Å². The lowest BCUT2D eigenvalue weighted by Gasteiger charge is -2.26. The van der Waals surface area contributed by atoms with Crippen molar-refractivity contribution in [1.82, 2.24) is 15.1 Å². The van der Waals surface area contributed by atoms with Gasteiger partial charge in [-0.15, -0.1) is 0 Å². The van der Waals surface area contributed by atoms with E-state index in [-0.39, 0.29) is 0 Å². The van der Waals surface area contributed by atoms with Gasteiger partial charge in [0.1, 0.15) is 17.4 Å². The summed E-state index contributed by atoms with van der Waals surface area (Å²) in [5.74, 6) is 0. The van der Waals surface area contributed by atoms with Crippen LogP contribution >= 0.6 is 0 Å². The van der Waals surface area contributed by atoms with E-state index in [1.807, 2.05) is 0 Å². The van der Waals surface area contributed by atoms with Crippen LogP contribution < -0.4 is 5.32 Å². The van der Waals surface area contributed by atoms with Crippen LogP contribution in [0.5, 0.6) is 0 Å². The summed E-state index contributed by atoms with van der Waals surface area (Å²) in [5.41, 5.74) is -1.27. The minimum Gasteiger partial charge on any atom is -0.444 e. The monoisotopic (exact) mass is 265 g/mol. The Morgan fingerprint density at radius 3 is 2.53 bits per heavy atom. The molecule has 1 amide bonds. The molecule has 0 saturated heterocycles. The van der Waals surface area contributed by atoms with Gasteiger partial charge < -0.3 is 14.8 Å². The summed E-state index contributed by atoms with van der Waals surface area (Å²) in [7, 11) is 0. The Hall–Kier alpha value is -2.11. The van der Waals surface area contributed by atoms with Crippen molar-refractivity contribution in [3.05, 3.63) is 24.5 Å². The lowest BCUT2D eigenvalue weighted by Crippen LogP contribution is -2.46. The summed E-state index contributed by atoms with van der Waals surface area (Å²) >= 11 is 0. The van der Waals surface area contributed by atoms with Gasteiger partial charge in [0.2, 0.25) is 0 Å². The fourth-order valence-electron chi connectivity index (χ4n) is 1.39. The molecule has 104 valence electrons. The van der Waals surface area contributed by atoms with Gasteiger partial charge in [0.05, 0.1) is 6.20 Å². The highest BCUT2D eigenvalue weighted by Gasteiger charge is 2.31. The SMILES string of the molecule is C=Cn1cc(C(C)(C=O)NC(=O)OC(C)(C)C)cn1. The van der Waals surface area contributed by atoms with Crippen molar-refractivity contribution in [1.29, 1.82) is 0 Å². The maximum atomic E-state index is 11.7. The normalized spacial score (nSPS) is 14.3. The molecule has 1 unspecified atom stereocenters. The number of carbonyl (C=O) groups excluding carboxylic acids is 2. The lowest BCUT2D eigenvalue weighted by atomic mass is 9.97. The van der Waals surface area contributed by atoms with Crippen molar-refractivity contribution in [3.8, 4) is 0 Å². The van der Waals surface area contributed by atoms with E-state index in [0.717, 1.165) is 0 Å². The summed E-state index contributed by atoms with van der Waals surface area (Å²) in [6.07, 6.45) is 4.57. The van der Waals surface area contributed by atoms with Crippen LogP contribution in [0.25, 0.3) is 6.20 Å². The minimum absolute atomic E-state index is 0.549. The molecule has 0 fully saturated rings. The van der Waals surface area contributed by atoms with Gasteiger partial charge in [0, 0.05) is 18.0 Å². The number of carbonyl (C=O) groups is 2. The van der Waals surface area contributed by atoms with Crippen LogP contribution in [-0.2, 0) is 15.1 Å². The van der Waals surface area contributed by atoms with Gasteiger partial charge in [-0.1, -0.05) is 6.58 Å². The molecule has 0 bridgehead atoms. The van der Waals surface area contributed by atoms with Crippen LogP contribution in [0.15, 0.2) is 19.0 Å². The maximum Gasteiger partial charge on any atom is 0.408 e. The molecule has 6 nitrogen and oxygen atoms in total. The molecule has 0 aromatic carbocycles. The molecule has 1 heterocycles. The quantitative estimate of drug-likeness (QED) is 0.844. The topological polar surface area (TPSA) is 73.2 Å². The number of nitrogens with zero attached hydrogens (tertiary/aromatic N) is 2. The van der Waals surface area contributed by atoms with Crippen LogP contribution in [0.3, 0.4) is 0 Å². The first-order chi connectivity index (χ1) is 8.70. The van der Waals surface area contributed by atoms with Crippen LogP contribution in [-0.4, -0.2) is 27.8 Å². The first-order valence-electron chi connectivity index (χ1n) is 5.85. The predicted molar refractivity (Wildman–Crippen MR) is 71.4 cm³/mol. The molecule has 1 N–H and O–H groups in total. The molecule has 0 spiro atoms. The Morgan fingerprint density at radius 2 is 2.11 bits per heavy atom. The van der Waals surface area contributed by atoms with Gasteiger partial charge in [0.25, 0.3) is 0 Å². The summed E-state index contributed by atoms with van der Waals surface area (Å²) in [6, 6.07) is 0. The third-order valence-corrected chi connectivity index (χ3v) is 2.38. The highest BCUT2D eigenvalue weighted by molar-refractivity contribution is 5.77. The van der Waals surface area contributed by atoms with Crippen molar-refractivity contribution in [3.63, 3.8) is 0 Å². The lowest BCUT2D eigenvalue weighted by molar-refractivity contribution is -0.113. The zero-order valence-electron chi connectivity index (χ0n) is 11.6. The molecular weight excluding hydrogens is 246 g/mol. The highest BCUT2D eigenvalue weighted by Crippen LogP contribution is 2.19. The van der Waals surface area contributed by atoms with Gasteiger partial charge in [0.15, 0.2) is 0 Å². The molecule has 0 aliphatic carbocycles. The minimum atomic E-state index is -1.19. The largest absolute Gasteiger partial charge is 0.444 e. The zero-order valence-corrected chi connectivity index (χ0v) is 11.6. The van der Waals surface area contributed by atoms with E-state index in [9.17, 15) is 9.59 Å². The number of rotatable bonds is 4. The summed E-state index contributed by atoms with van der Waals surface area (Å²) in [5, 5.41) is 6.51. The number of aldehydes is 1. The molecule has 1 aromatic rings. The molecule has 0 aliphatic rings. The Morgan fingerprint density at radius 1 is 1.47 bits per heavy atom. The third-order valence-electron chi connectivity index (χ3n) is 2.38. The van der Waals surface area contributed by atoms with Gasteiger partial charge in [-0.05, 0) is 27.7 Å². The average molecular weight is 265 g/mol. The van der Waals surface area contributed by atoms with E-state index in [4.69, 9.17) is 4.74 Å². The number of hydrogen-bond donors (Lipinski definition) is 1. The second kappa shape index (κ2) is 5.26. The highest BCUT2D eigenvalue weighted by atomic mass is 16.6. The van der Waals surface area contributed by atoms with Crippen LogP contribution in [0, 0.1) is 0 Å². The Kier molecular flexibility index (Phi) is 4.14. The molecule has 19 heavy (non-hydrogen) atoms. The molecular formula is C13H19N3O3. The van der Waals surface area contributed by atoms with Crippen molar-refractivity contribution >= 4 is 18.6 Å². The van der Waals surface area contributed by atoms with Crippen molar-refractivity contribution in [2.75, 3.05) is 0 Å². The standard InChI is InChI=1S/C13H19N3O3/c1-6-16-8-10(7-14-16)13(5,9-17)15-11(18)19-12(2,3)4/h6-9H,1H2,2-5H3,(H,15,18). The maximum absolute atomic E-state index is 11.7. The fraction of sp³-hybridized carbons (Fsp3) is 0.462. The number of hydrogen-bond acceptors (Lipinski definition) is 4. The van der Waals surface area contributed by atoms with E-state index in [1.165, 1.54) is 17.1 Å². The van der Waals surface area contributed by atoms with Crippen molar-refractivity contribution < 1.29 is 14.3 Å². The summed E-state index contributed by atoms with van der Waals surface area (Å²) in [6.45, 7) is 10.4. The molecule has 1 atom stereocenters.